The molecule has 0 aliphatic heterocycles. The first kappa shape index (κ1) is 46.5. The largest absolute Gasteiger partial charge is 0.386 e. The first-order valence-corrected chi connectivity index (χ1v) is 17.7. The molecule has 5 radical (unpaired) electrons. The minimum atomic E-state index is 0. The van der Waals surface area contributed by atoms with Crippen molar-refractivity contribution in [2.45, 2.75) is 0 Å². The van der Waals surface area contributed by atoms with E-state index >= 15 is 0 Å². The zero-order valence-corrected chi connectivity index (χ0v) is 36.6. The number of aromatic nitrogens is 5. The van der Waals surface area contributed by atoms with Crippen LogP contribution >= 0.6 is 56.7 Å². The molecule has 5 aromatic heterocycles. The molecule has 0 atom stereocenters. The van der Waals surface area contributed by atoms with Gasteiger partial charge in [-0.2, -0.15) is 130 Å². The molecule has 15 heteroatoms. The molecule has 0 saturated heterocycles. The Morgan fingerprint density at radius 1 is 0.440 bits per heavy atom. The minimum absolute atomic E-state index is 0. The van der Waals surface area contributed by atoms with Crippen molar-refractivity contribution >= 4 is 108 Å². The summed E-state index contributed by atoms with van der Waals surface area (Å²) in [7, 11) is 0. The molecule has 5 nitrogen and oxygen atoms in total. The van der Waals surface area contributed by atoms with E-state index in [9.17, 15) is 0 Å². The van der Waals surface area contributed by atoms with Crippen LogP contribution in [0.4, 0.5) is 0 Å². The summed E-state index contributed by atoms with van der Waals surface area (Å²) in [5.74, 6) is 0. The molecule has 0 aliphatic carbocycles. The normalized spacial score (nSPS) is 9.20. The van der Waals surface area contributed by atoms with E-state index in [0.717, 1.165) is 32.3 Å². The topological polar surface area (TPSA) is 64.5 Å². The number of benzene rings is 5. The number of hydrogen-bond acceptors (Lipinski definition) is 10. The molecule has 245 valence electrons. The molecule has 0 amide bonds. The smallest absolute Gasteiger partial charge is 0.0657 e. The van der Waals surface area contributed by atoms with E-state index in [2.05, 4.69) is 54.7 Å². The monoisotopic (exact) mass is 925 g/mol. The first-order valence-electron chi connectivity index (χ1n) is 13.3. The Labute approximate surface area is 369 Å². The Morgan fingerprint density at radius 3 is 1.84 bits per heavy atom. The third kappa shape index (κ3) is 13.8. The van der Waals surface area contributed by atoms with Gasteiger partial charge in [0.2, 0.25) is 0 Å². The van der Waals surface area contributed by atoms with Crippen LogP contribution in [0.25, 0.3) is 51.1 Å². The van der Waals surface area contributed by atoms with Crippen LogP contribution in [-0.2, 0) is 92.8 Å². The fraction of sp³-hybridized carbons (Fsp3) is 0. The van der Waals surface area contributed by atoms with E-state index < -0.39 is 0 Å². The van der Waals surface area contributed by atoms with Gasteiger partial charge in [0, 0.05) is 92.8 Å². The van der Waals surface area contributed by atoms with Crippen LogP contribution in [0, 0.1) is 29.8 Å². The van der Waals surface area contributed by atoms with Crippen molar-refractivity contribution in [2.75, 3.05) is 0 Å². The maximum atomic E-state index is 4.12. The zero-order valence-electron chi connectivity index (χ0n) is 25.6. The van der Waals surface area contributed by atoms with E-state index in [1.54, 1.807) is 56.7 Å². The number of para-hydroxylation sites is 2. The Hall–Kier alpha value is -1.53. The Morgan fingerprint density at radius 2 is 1.06 bits per heavy atom. The van der Waals surface area contributed by atoms with Crippen molar-refractivity contribution in [3.8, 4) is 0 Å². The molecule has 0 unspecified atom stereocenters. The minimum Gasteiger partial charge on any atom is -0.386 e. The van der Waals surface area contributed by atoms with Crippen molar-refractivity contribution < 1.29 is 92.8 Å². The SMILES string of the molecule is [V].[V].[V].[V].[V].[c-]1ccc2ncsc2c1.[c-]1ccc2scnc2c1.[c-]1cccc2ncsc12.[c-]1cccc2scnc12.[c-]1nc2ccccc2s1. The van der Waals surface area contributed by atoms with Gasteiger partial charge in [-0.25, -0.2) is 0 Å². The van der Waals surface area contributed by atoms with Crippen LogP contribution in [0.3, 0.4) is 0 Å². The summed E-state index contributed by atoms with van der Waals surface area (Å²) >= 11 is 8.12. The van der Waals surface area contributed by atoms with Gasteiger partial charge in [0.1, 0.15) is 0 Å². The third-order valence-corrected chi connectivity index (χ3v) is 9.77. The Balaban J connectivity index is 0.000000305. The van der Waals surface area contributed by atoms with E-state index in [-0.39, 0.29) is 92.8 Å². The van der Waals surface area contributed by atoms with Crippen molar-refractivity contribution in [3.63, 3.8) is 0 Å². The molecule has 50 heavy (non-hydrogen) atoms. The Kier molecular flexibility index (Phi) is 23.7. The standard InChI is InChI=1S/5C7H4NS.5V/c5*1-2-4-7-6(3-1)8-5-9-7;;;;;/h2-5H;1,3-5H;1-2,4-5H;1-3,5H;1-4H;;;;;/q5*-1;;;;;. The van der Waals surface area contributed by atoms with Crippen LogP contribution in [0.1, 0.15) is 0 Å². The molecule has 0 spiro atoms. The van der Waals surface area contributed by atoms with Gasteiger partial charge in [0.05, 0.1) is 22.0 Å². The summed E-state index contributed by atoms with van der Waals surface area (Å²) in [4.78, 5) is 20.4. The van der Waals surface area contributed by atoms with Crippen LogP contribution < -0.4 is 0 Å². The van der Waals surface area contributed by atoms with Crippen LogP contribution in [0.2, 0.25) is 0 Å². The number of hydrogen-bond donors (Lipinski definition) is 0. The summed E-state index contributed by atoms with van der Waals surface area (Å²) in [6.07, 6.45) is 0. The van der Waals surface area contributed by atoms with Crippen molar-refractivity contribution in [1.29, 1.82) is 0 Å². The molecule has 0 N–H and O–H groups in total. The number of thiazole rings is 5. The summed E-state index contributed by atoms with van der Waals surface area (Å²) in [6.45, 7) is 0. The van der Waals surface area contributed by atoms with Gasteiger partial charge in [0.25, 0.3) is 0 Å². The van der Waals surface area contributed by atoms with E-state index in [1.807, 2.05) is 119 Å². The molecule has 0 saturated carbocycles. The van der Waals surface area contributed by atoms with Gasteiger partial charge in [-0.1, -0.05) is 36.4 Å². The molecule has 10 aromatic rings. The Bertz CT molecular complexity index is 1820. The summed E-state index contributed by atoms with van der Waals surface area (Å²) in [6, 6.07) is 43.4. The maximum Gasteiger partial charge on any atom is 0.0657 e. The molecule has 5 heterocycles. The quantitative estimate of drug-likeness (QED) is 0.142. The van der Waals surface area contributed by atoms with Gasteiger partial charge in [-0.3, -0.25) is 21.3 Å². The second-order valence-corrected chi connectivity index (χ2v) is 13.1. The van der Waals surface area contributed by atoms with Crippen LogP contribution in [0.5, 0.6) is 0 Å². The molecule has 0 fully saturated rings. The average Bonchev–Trinajstić information content (AvgIpc) is 3.95. The van der Waals surface area contributed by atoms with Gasteiger partial charge in [-0.15, -0.1) is 29.0 Å². The summed E-state index contributed by atoms with van der Waals surface area (Å²) in [5, 5.41) is 0. The van der Waals surface area contributed by atoms with E-state index in [0.29, 0.717) is 0 Å². The fourth-order valence-electron chi connectivity index (χ4n) is 3.74. The van der Waals surface area contributed by atoms with Crippen molar-refractivity contribution in [3.05, 3.63) is 149 Å². The van der Waals surface area contributed by atoms with Crippen LogP contribution in [-0.4, -0.2) is 24.9 Å². The van der Waals surface area contributed by atoms with E-state index in [4.69, 9.17) is 0 Å². The maximum absolute atomic E-state index is 4.12. The predicted octanol–water partition coefficient (Wildman–Crippen LogP) is 10.5. The number of rotatable bonds is 0. The molecule has 0 bridgehead atoms. The van der Waals surface area contributed by atoms with Gasteiger partial charge in [-0.05, 0) is 27.6 Å². The van der Waals surface area contributed by atoms with Crippen molar-refractivity contribution in [2.24, 2.45) is 0 Å². The summed E-state index contributed by atoms with van der Waals surface area (Å²) < 4.78 is 5.98. The average molecular weight is 926 g/mol. The number of nitrogens with zero attached hydrogens (tertiary/aromatic N) is 5. The number of fused-ring (bicyclic) bond motifs is 5. The molecular weight excluding hydrogens is 905 g/mol. The first-order chi connectivity index (χ1) is 22.3. The molecular formula is C35H20N5S5V5-5. The second-order valence-electron chi connectivity index (χ2n) is 8.74. The van der Waals surface area contributed by atoms with Crippen LogP contribution in [0.15, 0.2) is 119 Å². The summed E-state index contributed by atoms with van der Waals surface area (Å²) in [5.41, 5.74) is 15.4. The fourth-order valence-corrected chi connectivity index (χ4v) is 6.97. The molecule has 5 aromatic carbocycles. The zero-order chi connectivity index (χ0) is 30.5. The van der Waals surface area contributed by atoms with Gasteiger partial charge < -0.3 is 15.0 Å². The second kappa shape index (κ2) is 25.4. The predicted molar refractivity (Wildman–Crippen MR) is 192 cm³/mol. The third-order valence-electron chi connectivity index (χ3n) is 5.86. The molecule has 0 aliphatic rings. The van der Waals surface area contributed by atoms with E-state index in [1.165, 1.54) is 18.8 Å². The van der Waals surface area contributed by atoms with Gasteiger partial charge in [0.15, 0.2) is 0 Å². The molecule has 10 rings (SSSR count). The van der Waals surface area contributed by atoms with Crippen molar-refractivity contribution in [1.82, 2.24) is 24.9 Å². The van der Waals surface area contributed by atoms with Gasteiger partial charge >= 0.3 is 0 Å².